The van der Waals surface area contributed by atoms with Crippen LogP contribution in [0.3, 0.4) is 0 Å². The molecule has 0 unspecified atom stereocenters. The highest BCUT2D eigenvalue weighted by Crippen LogP contribution is 2.59. The summed E-state index contributed by atoms with van der Waals surface area (Å²) in [5, 5.41) is 0. The summed E-state index contributed by atoms with van der Waals surface area (Å²) < 4.78 is 21.9. The average molecular weight is 415 g/mol. The Morgan fingerprint density at radius 2 is 1.63 bits per heavy atom. The van der Waals surface area contributed by atoms with Gasteiger partial charge in [0.15, 0.2) is 5.60 Å². The van der Waals surface area contributed by atoms with Crippen LogP contribution in [0, 0.1) is 11.8 Å². The standard InChI is InChI=1S/C21H21NO8/c1-11(23)28-19(29-12(2)24)21-10-9-20(3,30-21)15-16(21)18(26)22(17(15)25)13-7-5-6-8-14(13)27-4/h5-10,15-16,19H,1-4H3/t15-,16+,20+,21+/m0/s1. The first kappa shape index (κ1) is 20.1. The number of ether oxygens (including phenoxy) is 4. The Morgan fingerprint density at radius 1 is 1.03 bits per heavy atom. The Bertz CT molecular complexity index is 971. The van der Waals surface area contributed by atoms with Gasteiger partial charge in [0, 0.05) is 13.8 Å². The van der Waals surface area contributed by atoms with Crippen molar-refractivity contribution in [3.63, 3.8) is 0 Å². The molecule has 3 heterocycles. The number of benzene rings is 1. The zero-order valence-electron chi connectivity index (χ0n) is 16.9. The van der Waals surface area contributed by atoms with Gasteiger partial charge in [0.1, 0.15) is 5.75 Å². The normalized spacial score (nSPS) is 31.3. The van der Waals surface area contributed by atoms with E-state index in [2.05, 4.69) is 0 Å². The molecule has 0 spiro atoms. The molecule has 9 heteroatoms. The Kier molecular flexibility index (Phi) is 4.46. The number of rotatable bonds is 5. The predicted molar refractivity (Wildman–Crippen MR) is 101 cm³/mol. The van der Waals surface area contributed by atoms with E-state index >= 15 is 0 Å². The second-order valence-corrected chi connectivity index (χ2v) is 7.66. The summed E-state index contributed by atoms with van der Waals surface area (Å²) in [5.74, 6) is -4.02. The SMILES string of the molecule is COc1ccccc1N1C(=O)[C@@H]2[C@H](C1=O)[C@@]1(C(OC(C)=O)OC(C)=O)C=C[C@@]2(C)O1. The molecule has 4 rings (SSSR count). The van der Waals surface area contributed by atoms with Crippen LogP contribution in [0.15, 0.2) is 36.4 Å². The maximum atomic E-state index is 13.5. The summed E-state index contributed by atoms with van der Waals surface area (Å²) in [7, 11) is 1.44. The van der Waals surface area contributed by atoms with Crippen molar-refractivity contribution < 1.29 is 38.1 Å². The summed E-state index contributed by atoms with van der Waals surface area (Å²) in [6, 6.07) is 6.67. The molecule has 3 aliphatic rings. The highest BCUT2D eigenvalue weighted by molar-refractivity contribution is 6.24. The van der Waals surface area contributed by atoms with Crippen molar-refractivity contribution in [2.24, 2.45) is 11.8 Å². The number of carbonyl (C=O) groups excluding carboxylic acids is 4. The van der Waals surface area contributed by atoms with Crippen molar-refractivity contribution in [2.75, 3.05) is 12.0 Å². The van der Waals surface area contributed by atoms with Crippen molar-refractivity contribution in [2.45, 2.75) is 38.3 Å². The Hall–Kier alpha value is -3.20. The van der Waals surface area contributed by atoms with Gasteiger partial charge in [-0.15, -0.1) is 0 Å². The fraction of sp³-hybridized carbons (Fsp3) is 0.429. The molecule has 2 bridgehead atoms. The number of methoxy groups -OCH3 is 1. The second-order valence-electron chi connectivity index (χ2n) is 7.66. The van der Waals surface area contributed by atoms with E-state index in [4.69, 9.17) is 18.9 Å². The Balaban J connectivity index is 1.81. The first-order valence-electron chi connectivity index (χ1n) is 9.40. The third-order valence-electron chi connectivity index (χ3n) is 5.72. The van der Waals surface area contributed by atoms with Crippen LogP contribution < -0.4 is 9.64 Å². The van der Waals surface area contributed by atoms with Gasteiger partial charge in [0.2, 0.25) is 11.8 Å². The summed E-state index contributed by atoms with van der Waals surface area (Å²) in [4.78, 5) is 51.3. The lowest BCUT2D eigenvalue weighted by Gasteiger charge is -2.34. The first-order chi connectivity index (χ1) is 14.1. The van der Waals surface area contributed by atoms with Gasteiger partial charge in [-0.25, -0.2) is 4.90 Å². The van der Waals surface area contributed by atoms with E-state index in [0.717, 1.165) is 18.7 Å². The zero-order valence-corrected chi connectivity index (χ0v) is 16.9. The summed E-state index contributed by atoms with van der Waals surface area (Å²) in [6.45, 7) is 3.98. The third-order valence-corrected chi connectivity index (χ3v) is 5.72. The third kappa shape index (κ3) is 2.65. The van der Waals surface area contributed by atoms with Gasteiger partial charge in [0.05, 0.1) is 30.2 Å². The van der Waals surface area contributed by atoms with Crippen molar-refractivity contribution in [1.82, 2.24) is 0 Å². The molecule has 2 saturated heterocycles. The molecule has 0 saturated carbocycles. The number of amides is 2. The number of fused-ring (bicyclic) bond motifs is 5. The van der Waals surface area contributed by atoms with Gasteiger partial charge in [-0.3, -0.25) is 19.2 Å². The molecular formula is C21H21NO8. The van der Waals surface area contributed by atoms with Crippen molar-refractivity contribution in [3.8, 4) is 5.75 Å². The van der Waals surface area contributed by atoms with Gasteiger partial charge in [-0.2, -0.15) is 0 Å². The molecule has 158 valence electrons. The number of nitrogens with zero attached hydrogens (tertiary/aromatic N) is 1. The van der Waals surface area contributed by atoms with Crippen LogP contribution in [0.25, 0.3) is 0 Å². The number of hydrogen-bond acceptors (Lipinski definition) is 8. The topological polar surface area (TPSA) is 108 Å². The molecule has 0 aliphatic carbocycles. The van der Waals surface area contributed by atoms with E-state index in [9.17, 15) is 19.2 Å². The van der Waals surface area contributed by atoms with Gasteiger partial charge in [0.25, 0.3) is 6.29 Å². The molecule has 4 atom stereocenters. The van der Waals surface area contributed by atoms with E-state index in [0.29, 0.717) is 11.4 Å². The van der Waals surface area contributed by atoms with Gasteiger partial charge in [-0.05, 0) is 25.1 Å². The summed E-state index contributed by atoms with van der Waals surface area (Å²) in [6.07, 6.45) is 1.67. The van der Waals surface area contributed by atoms with E-state index in [1.165, 1.54) is 7.11 Å². The molecule has 0 radical (unpaired) electrons. The lowest BCUT2D eigenvalue weighted by atomic mass is 9.72. The number of imide groups is 1. The van der Waals surface area contributed by atoms with Gasteiger partial charge < -0.3 is 18.9 Å². The average Bonchev–Trinajstić information content (AvgIpc) is 3.26. The fourth-order valence-corrected chi connectivity index (χ4v) is 4.62. The summed E-state index contributed by atoms with van der Waals surface area (Å²) in [5.41, 5.74) is -2.44. The van der Waals surface area contributed by atoms with E-state index in [-0.39, 0.29) is 0 Å². The maximum Gasteiger partial charge on any atom is 0.305 e. The van der Waals surface area contributed by atoms with Crippen LogP contribution in [0.2, 0.25) is 0 Å². The Labute approximate surface area is 172 Å². The van der Waals surface area contributed by atoms with Crippen molar-refractivity contribution >= 4 is 29.4 Å². The van der Waals surface area contributed by atoms with E-state index < -0.39 is 53.1 Å². The molecule has 1 aromatic rings. The van der Waals surface area contributed by atoms with E-state index in [1.54, 1.807) is 43.3 Å². The smallest absolute Gasteiger partial charge is 0.305 e. The minimum absolute atomic E-state index is 0.305. The minimum atomic E-state index is -1.61. The monoisotopic (exact) mass is 415 g/mol. The quantitative estimate of drug-likeness (QED) is 0.307. The molecule has 0 aromatic heterocycles. The van der Waals surface area contributed by atoms with Crippen LogP contribution in [-0.2, 0) is 33.4 Å². The lowest BCUT2D eigenvalue weighted by Crippen LogP contribution is -2.52. The first-order valence-corrected chi connectivity index (χ1v) is 9.40. The number of esters is 2. The number of hydrogen-bond donors (Lipinski definition) is 0. The van der Waals surface area contributed by atoms with Crippen molar-refractivity contribution in [3.05, 3.63) is 36.4 Å². The highest BCUT2D eigenvalue weighted by Gasteiger charge is 2.76. The van der Waals surface area contributed by atoms with Crippen LogP contribution in [0.4, 0.5) is 5.69 Å². The second kappa shape index (κ2) is 6.66. The fourth-order valence-electron chi connectivity index (χ4n) is 4.62. The predicted octanol–water partition coefficient (Wildman–Crippen LogP) is 1.35. The molecule has 2 fully saturated rings. The van der Waals surface area contributed by atoms with Crippen LogP contribution in [0.5, 0.6) is 5.75 Å². The van der Waals surface area contributed by atoms with Crippen molar-refractivity contribution in [1.29, 1.82) is 0 Å². The minimum Gasteiger partial charge on any atom is -0.495 e. The number of carbonyl (C=O) groups is 4. The Morgan fingerprint density at radius 3 is 2.23 bits per heavy atom. The maximum absolute atomic E-state index is 13.5. The molecule has 30 heavy (non-hydrogen) atoms. The van der Waals surface area contributed by atoms with Crippen LogP contribution >= 0.6 is 0 Å². The number of anilines is 1. The molecule has 0 N–H and O–H groups in total. The summed E-state index contributed by atoms with van der Waals surface area (Å²) >= 11 is 0. The van der Waals surface area contributed by atoms with E-state index in [1.807, 2.05) is 0 Å². The highest BCUT2D eigenvalue weighted by atomic mass is 16.7. The largest absolute Gasteiger partial charge is 0.495 e. The van der Waals surface area contributed by atoms with Gasteiger partial charge >= 0.3 is 11.9 Å². The molecule has 1 aromatic carbocycles. The van der Waals surface area contributed by atoms with Crippen LogP contribution in [0.1, 0.15) is 20.8 Å². The molecular weight excluding hydrogens is 394 g/mol. The molecule has 9 nitrogen and oxygen atoms in total. The lowest BCUT2D eigenvalue weighted by molar-refractivity contribution is -0.231. The van der Waals surface area contributed by atoms with Gasteiger partial charge in [-0.1, -0.05) is 18.2 Å². The zero-order chi connectivity index (χ0) is 21.8. The number of para-hydroxylation sites is 2. The molecule has 3 aliphatic heterocycles. The molecule has 2 amide bonds. The van der Waals surface area contributed by atoms with Crippen LogP contribution in [-0.4, -0.2) is 48.4 Å².